The van der Waals surface area contributed by atoms with Crippen molar-refractivity contribution in [3.63, 3.8) is 0 Å². The third-order valence-electron chi connectivity index (χ3n) is 5.34. The van der Waals surface area contributed by atoms with Crippen molar-refractivity contribution in [2.75, 3.05) is 39.1 Å². The van der Waals surface area contributed by atoms with E-state index in [1.54, 1.807) is 13.1 Å². The summed E-state index contributed by atoms with van der Waals surface area (Å²) in [5.74, 6) is 1.66. The van der Waals surface area contributed by atoms with Crippen LogP contribution in [-0.2, 0) is 13.1 Å². The average Bonchev–Trinajstić information content (AvgIpc) is 2.74. The minimum Gasteiger partial charge on any atom is -0.356 e. The lowest BCUT2D eigenvalue weighted by Crippen LogP contribution is -2.48. The molecule has 1 aromatic carbocycles. The summed E-state index contributed by atoms with van der Waals surface area (Å²) in [6.45, 7) is 5.18. The summed E-state index contributed by atoms with van der Waals surface area (Å²) in [5, 5.41) is 6.88. The van der Waals surface area contributed by atoms with Crippen LogP contribution in [0.3, 0.4) is 0 Å². The summed E-state index contributed by atoms with van der Waals surface area (Å²) in [7, 11) is 5.66. The number of rotatable bonds is 6. The highest BCUT2D eigenvalue weighted by molar-refractivity contribution is 5.80. The van der Waals surface area contributed by atoms with Gasteiger partial charge in [-0.15, -0.1) is 0 Å². The number of hydrogen-bond donors (Lipinski definition) is 2. The first-order chi connectivity index (χ1) is 14.4. The lowest BCUT2D eigenvalue weighted by molar-refractivity contribution is 0.392. The Morgan fingerprint density at radius 1 is 1.23 bits per heavy atom. The van der Waals surface area contributed by atoms with E-state index in [0.29, 0.717) is 24.7 Å². The summed E-state index contributed by atoms with van der Waals surface area (Å²) < 4.78 is 14.0. The van der Waals surface area contributed by atoms with Gasteiger partial charge < -0.3 is 20.4 Å². The van der Waals surface area contributed by atoms with Crippen LogP contribution in [0.5, 0.6) is 0 Å². The maximum absolute atomic E-state index is 14.0. The van der Waals surface area contributed by atoms with Gasteiger partial charge in [0, 0.05) is 51.0 Å². The lowest BCUT2D eigenvalue weighted by Gasteiger charge is -2.33. The molecule has 162 valence electrons. The van der Waals surface area contributed by atoms with Crippen LogP contribution < -0.4 is 15.5 Å². The molecule has 7 heteroatoms. The summed E-state index contributed by atoms with van der Waals surface area (Å²) in [6, 6.07) is 9.86. The van der Waals surface area contributed by atoms with Crippen molar-refractivity contribution in [3.8, 4) is 0 Å². The molecule has 0 bridgehead atoms. The van der Waals surface area contributed by atoms with Crippen LogP contribution in [0.15, 0.2) is 41.5 Å². The van der Waals surface area contributed by atoms with Crippen molar-refractivity contribution < 1.29 is 4.39 Å². The van der Waals surface area contributed by atoms with Crippen molar-refractivity contribution >= 4 is 11.8 Å². The number of nitrogens with one attached hydrogen (secondary N) is 2. The van der Waals surface area contributed by atoms with Crippen LogP contribution >= 0.6 is 0 Å². The zero-order valence-corrected chi connectivity index (χ0v) is 18.5. The molecule has 2 heterocycles. The van der Waals surface area contributed by atoms with E-state index in [4.69, 9.17) is 0 Å². The van der Waals surface area contributed by atoms with Gasteiger partial charge in [0.15, 0.2) is 5.96 Å². The molecule has 0 aliphatic carbocycles. The third-order valence-corrected chi connectivity index (χ3v) is 5.34. The standard InChI is InChI=1S/C23H33FN6/c1-17-5-8-22(26-14-17)30-11-9-20(10-12-30)28-23(25-2)27-15-18-6-7-21(24)19(13-18)16-29(3)4/h5-8,13-14,20H,9-12,15-16H2,1-4H3,(H2,25,27,28). The van der Waals surface area contributed by atoms with E-state index >= 15 is 0 Å². The number of nitrogens with zero attached hydrogens (tertiary/aromatic N) is 4. The normalized spacial score (nSPS) is 15.5. The van der Waals surface area contributed by atoms with Gasteiger partial charge in [0.2, 0.25) is 0 Å². The largest absolute Gasteiger partial charge is 0.356 e. The number of anilines is 1. The molecule has 0 saturated carbocycles. The summed E-state index contributed by atoms with van der Waals surface area (Å²) in [6.07, 6.45) is 3.98. The van der Waals surface area contributed by atoms with Crippen LogP contribution in [-0.4, -0.2) is 56.1 Å². The summed E-state index contributed by atoms with van der Waals surface area (Å²) in [5.41, 5.74) is 2.93. The Morgan fingerprint density at radius 3 is 2.63 bits per heavy atom. The maximum atomic E-state index is 14.0. The van der Waals surface area contributed by atoms with E-state index in [1.807, 2.05) is 37.3 Å². The van der Waals surface area contributed by atoms with E-state index in [0.717, 1.165) is 43.3 Å². The zero-order valence-electron chi connectivity index (χ0n) is 18.5. The van der Waals surface area contributed by atoms with Crippen molar-refractivity contribution in [1.29, 1.82) is 0 Å². The number of guanidine groups is 1. The number of pyridine rings is 1. The molecule has 6 nitrogen and oxygen atoms in total. The predicted molar refractivity (Wildman–Crippen MR) is 121 cm³/mol. The smallest absolute Gasteiger partial charge is 0.191 e. The van der Waals surface area contributed by atoms with Gasteiger partial charge in [-0.1, -0.05) is 12.1 Å². The Hall–Kier alpha value is -2.67. The molecule has 2 N–H and O–H groups in total. The van der Waals surface area contributed by atoms with Crippen LogP contribution in [0.25, 0.3) is 0 Å². The lowest BCUT2D eigenvalue weighted by atomic mass is 10.1. The van der Waals surface area contributed by atoms with Crippen LogP contribution in [0, 0.1) is 12.7 Å². The first kappa shape index (κ1) is 22.0. The Kier molecular flexibility index (Phi) is 7.63. The van der Waals surface area contributed by atoms with Gasteiger partial charge in [-0.2, -0.15) is 0 Å². The number of aromatic nitrogens is 1. The Morgan fingerprint density at radius 2 is 2.00 bits per heavy atom. The monoisotopic (exact) mass is 412 g/mol. The van der Waals surface area contributed by atoms with Crippen LogP contribution in [0.4, 0.5) is 10.2 Å². The fraction of sp³-hybridized carbons (Fsp3) is 0.478. The Balaban J connectivity index is 1.49. The van der Waals surface area contributed by atoms with Crippen molar-refractivity contribution in [2.45, 2.75) is 38.9 Å². The van der Waals surface area contributed by atoms with E-state index in [1.165, 1.54) is 5.56 Å². The summed E-state index contributed by atoms with van der Waals surface area (Å²) in [4.78, 5) is 13.2. The van der Waals surface area contributed by atoms with Crippen molar-refractivity contribution in [1.82, 2.24) is 20.5 Å². The molecule has 1 aliphatic heterocycles. The molecule has 0 unspecified atom stereocenters. The minimum absolute atomic E-state index is 0.162. The van der Waals surface area contributed by atoms with Gasteiger partial charge in [-0.05, 0) is 63.2 Å². The molecule has 0 spiro atoms. The highest BCUT2D eigenvalue weighted by Crippen LogP contribution is 2.18. The highest BCUT2D eigenvalue weighted by Gasteiger charge is 2.20. The molecule has 1 fully saturated rings. The van der Waals surface area contributed by atoms with Crippen molar-refractivity contribution in [2.24, 2.45) is 4.99 Å². The molecule has 2 aromatic rings. The molecule has 0 amide bonds. The Bertz CT molecular complexity index is 841. The molecule has 3 rings (SSSR count). The second kappa shape index (κ2) is 10.4. The topological polar surface area (TPSA) is 55.8 Å². The molecule has 0 radical (unpaired) electrons. The number of hydrogen-bond acceptors (Lipinski definition) is 4. The number of aryl methyl sites for hydroxylation is 1. The minimum atomic E-state index is -0.162. The molecule has 30 heavy (non-hydrogen) atoms. The second-order valence-electron chi connectivity index (χ2n) is 8.19. The second-order valence-corrected chi connectivity index (χ2v) is 8.19. The van der Waals surface area contributed by atoms with Gasteiger partial charge in [-0.25, -0.2) is 9.37 Å². The molecule has 1 saturated heterocycles. The summed E-state index contributed by atoms with van der Waals surface area (Å²) >= 11 is 0. The van der Waals surface area contributed by atoms with Crippen LogP contribution in [0.2, 0.25) is 0 Å². The first-order valence-corrected chi connectivity index (χ1v) is 10.5. The number of halogens is 1. The number of benzene rings is 1. The molecular formula is C23H33FN6. The molecular weight excluding hydrogens is 379 g/mol. The molecule has 0 atom stereocenters. The van der Waals surface area contributed by atoms with Gasteiger partial charge >= 0.3 is 0 Å². The quantitative estimate of drug-likeness (QED) is 0.564. The van der Waals surface area contributed by atoms with E-state index in [-0.39, 0.29) is 5.82 Å². The van der Waals surface area contributed by atoms with Crippen LogP contribution in [0.1, 0.15) is 29.5 Å². The van der Waals surface area contributed by atoms with Gasteiger partial charge in [0.25, 0.3) is 0 Å². The highest BCUT2D eigenvalue weighted by atomic mass is 19.1. The van der Waals surface area contributed by atoms with Gasteiger partial charge in [0.05, 0.1) is 0 Å². The van der Waals surface area contributed by atoms with E-state index in [2.05, 4.69) is 44.6 Å². The zero-order chi connectivity index (χ0) is 21.5. The SMILES string of the molecule is CN=C(NCc1ccc(F)c(CN(C)C)c1)NC1CCN(c2ccc(C)cn2)CC1. The van der Waals surface area contributed by atoms with Crippen molar-refractivity contribution in [3.05, 3.63) is 59.0 Å². The number of piperidine rings is 1. The third kappa shape index (κ3) is 6.16. The average molecular weight is 413 g/mol. The fourth-order valence-electron chi connectivity index (χ4n) is 3.67. The fourth-order valence-corrected chi connectivity index (χ4v) is 3.67. The predicted octanol–water partition coefficient (Wildman–Crippen LogP) is 2.92. The Labute approximate surface area is 179 Å². The first-order valence-electron chi connectivity index (χ1n) is 10.5. The van der Waals surface area contributed by atoms with Gasteiger partial charge in [-0.3, -0.25) is 4.99 Å². The number of aliphatic imine (C=N–C) groups is 1. The maximum Gasteiger partial charge on any atom is 0.191 e. The molecule has 1 aromatic heterocycles. The van der Waals surface area contributed by atoms with Gasteiger partial charge in [0.1, 0.15) is 11.6 Å². The van der Waals surface area contributed by atoms with E-state index < -0.39 is 0 Å². The molecule has 1 aliphatic rings. The van der Waals surface area contributed by atoms with E-state index in [9.17, 15) is 4.39 Å².